The monoisotopic (exact) mass is 267 g/mol. The van der Waals surface area contributed by atoms with E-state index in [2.05, 4.69) is 4.98 Å². The Bertz CT molecular complexity index is 793. The van der Waals surface area contributed by atoms with E-state index >= 15 is 0 Å². The van der Waals surface area contributed by atoms with Crippen LogP contribution in [0.1, 0.15) is 11.3 Å². The zero-order valence-electron chi connectivity index (χ0n) is 11.2. The van der Waals surface area contributed by atoms with Crippen molar-refractivity contribution in [2.75, 3.05) is 7.11 Å². The normalized spacial score (nSPS) is 14.8. The third kappa shape index (κ3) is 1.86. The van der Waals surface area contributed by atoms with E-state index in [9.17, 15) is 9.59 Å². The number of allylic oxidation sites excluding steroid dienone is 4. The van der Waals surface area contributed by atoms with Crippen LogP contribution in [0.15, 0.2) is 36.4 Å². The molecule has 4 heteroatoms. The van der Waals surface area contributed by atoms with Gasteiger partial charge in [-0.3, -0.25) is 9.59 Å². The Labute approximate surface area is 115 Å². The van der Waals surface area contributed by atoms with Gasteiger partial charge in [-0.15, -0.1) is 0 Å². The van der Waals surface area contributed by atoms with Crippen molar-refractivity contribution in [2.45, 2.75) is 6.92 Å². The molecule has 0 saturated carbocycles. The van der Waals surface area contributed by atoms with Crippen LogP contribution in [0.5, 0.6) is 5.75 Å². The molecule has 20 heavy (non-hydrogen) atoms. The number of fused-ring (bicyclic) bond motifs is 1. The second-order valence-electron chi connectivity index (χ2n) is 4.69. The van der Waals surface area contributed by atoms with Crippen molar-refractivity contribution in [2.24, 2.45) is 0 Å². The number of carbonyl (C=O) groups is 2. The van der Waals surface area contributed by atoms with E-state index in [0.29, 0.717) is 11.3 Å². The van der Waals surface area contributed by atoms with Gasteiger partial charge in [-0.25, -0.2) is 0 Å². The number of ketones is 2. The number of carbonyl (C=O) groups excluding carboxylic acids is 2. The Hall–Kier alpha value is -2.62. The summed E-state index contributed by atoms with van der Waals surface area (Å²) in [6.07, 6.45) is 3.99. The van der Waals surface area contributed by atoms with Gasteiger partial charge >= 0.3 is 0 Å². The van der Waals surface area contributed by atoms with E-state index in [0.717, 1.165) is 22.2 Å². The Morgan fingerprint density at radius 3 is 2.70 bits per heavy atom. The number of hydrogen-bond acceptors (Lipinski definition) is 3. The van der Waals surface area contributed by atoms with Gasteiger partial charge < -0.3 is 9.72 Å². The maximum atomic E-state index is 12.0. The molecule has 2 aromatic rings. The number of rotatable bonds is 2. The molecule has 0 aliphatic heterocycles. The zero-order chi connectivity index (χ0) is 14.3. The number of nitrogens with one attached hydrogen (secondary N) is 1. The van der Waals surface area contributed by atoms with Crippen molar-refractivity contribution in [1.82, 2.24) is 4.98 Å². The fourth-order valence-electron chi connectivity index (χ4n) is 2.48. The summed E-state index contributed by atoms with van der Waals surface area (Å²) in [7, 11) is 1.59. The van der Waals surface area contributed by atoms with Crippen LogP contribution >= 0.6 is 0 Å². The van der Waals surface area contributed by atoms with Crippen molar-refractivity contribution >= 4 is 28.0 Å². The highest BCUT2D eigenvalue weighted by molar-refractivity contribution is 6.35. The minimum atomic E-state index is -0.170. The zero-order valence-corrected chi connectivity index (χ0v) is 11.2. The maximum Gasteiger partial charge on any atom is 0.186 e. The lowest BCUT2D eigenvalue weighted by molar-refractivity contribution is -0.113. The van der Waals surface area contributed by atoms with E-state index in [1.807, 2.05) is 25.1 Å². The quantitative estimate of drug-likeness (QED) is 0.851. The highest BCUT2D eigenvalue weighted by atomic mass is 16.5. The molecule has 1 heterocycles. The Kier molecular flexibility index (Phi) is 2.79. The lowest BCUT2D eigenvalue weighted by Crippen LogP contribution is -2.07. The molecule has 3 rings (SSSR count). The standard InChI is InChI=1S/C16H13NO3/c1-9-16(13-7-10(18)3-6-15(13)19)12-8-11(20-2)4-5-14(12)17-9/h3-8,17H,1-2H3. The van der Waals surface area contributed by atoms with Crippen molar-refractivity contribution in [1.29, 1.82) is 0 Å². The lowest BCUT2D eigenvalue weighted by Gasteiger charge is -2.08. The molecular weight excluding hydrogens is 254 g/mol. The molecule has 1 aromatic heterocycles. The lowest BCUT2D eigenvalue weighted by atomic mass is 9.94. The molecule has 0 saturated heterocycles. The molecule has 0 radical (unpaired) electrons. The van der Waals surface area contributed by atoms with Crippen LogP contribution in [-0.4, -0.2) is 23.7 Å². The van der Waals surface area contributed by atoms with Crippen LogP contribution in [0, 0.1) is 6.92 Å². The van der Waals surface area contributed by atoms with E-state index in [-0.39, 0.29) is 11.6 Å². The van der Waals surface area contributed by atoms with E-state index in [1.54, 1.807) is 7.11 Å². The summed E-state index contributed by atoms with van der Waals surface area (Å²) >= 11 is 0. The largest absolute Gasteiger partial charge is 0.497 e. The molecule has 1 N–H and O–H groups in total. The molecule has 1 aliphatic carbocycles. The summed E-state index contributed by atoms with van der Waals surface area (Å²) in [6, 6.07) is 5.62. The van der Waals surface area contributed by atoms with Crippen LogP contribution < -0.4 is 4.74 Å². The number of aromatic nitrogens is 1. The molecule has 1 aromatic carbocycles. The Balaban J connectivity index is 2.27. The molecule has 0 atom stereocenters. The first kappa shape index (κ1) is 12.4. The van der Waals surface area contributed by atoms with E-state index < -0.39 is 0 Å². The second kappa shape index (κ2) is 4.49. The van der Waals surface area contributed by atoms with Crippen LogP contribution in [0.2, 0.25) is 0 Å². The number of methoxy groups -OCH3 is 1. The molecule has 4 nitrogen and oxygen atoms in total. The average Bonchev–Trinajstić information content (AvgIpc) is 2.76. The maximum absolute atomic E-state index is 12.0. The first-order chi connectivity index (χ1) is 9.60. The fraction of sp³-hybridized carbons (Fsp3) is 0.125. The molecule has 0 spiro atoms. The van der Waals surface area contributed by atoms with Crippen molar-refractivity contribution in [3.8, 4) is 5.75 Å². The van der Waals surface area contributed by atoms with Gasteiger partial charge in [-0.05, 0) is 43.4 Å². The predicted octanol–water partition coefficient (Wildman–Crippen LogP) is 2.58. The third-order valence-electron chi connectivity index (χ3n) is 3.41. The fourth-order valence-corrected chi connectivity index (χ4v) is 2.48. The van der Waals surface area contributed by atoms with Crippen molar-refractivity contribution in [3.63, 3.8) is 0 Å². The first-order valence-corrected chi connectivity index (χ1v) is 6.25. The van der Waals surface area contributed by atoms with E-state index in [4.69, 9.17) is 4.74 Å². The van der Waals surface area contributed by atoms with Crippen LogP contribution in [-0.2, 0) is 9.59 Å². The molecule has 100 valence electrons. The third-order valence-corrected chi connectivity index (χ3v) is 3.41. The number of H-pyrrole nitrogens is 1. The van der Waals surface area contributed by atoms with Gasteiger partial charge in [-0.1, -0.05) is 0 Å². The summed E-state index contributed by atoms with van der Waals surface area (Å²) in [5.74, 6) is 0.385. The Morgan fingerprint density at radius 2 is 1.95 bits per heavy atom. The summed E-state index contributed by atoms with van der Waals surface area (Å²) < 4.78 is 5.22. The highest BCUT2D eigenvalue weighted by Gasteiger charge is 2.21. The number of benzene rings is 1. The van der Waals surface area contributed by atoms with Gasteiger partial charge in [0, 0.05) is 27.7 Å². The SMILES string of the molecule is COc1ccc2[nH]c(C)c(C3=CC(=O)C=CC3=O)c2c1. The van der Waals surface area contributed by atoms with Gasteiger partial charge in [0.2, 0.25) is 0 Å². The molecule has 0 unspecified atom stereocenters. The van der Waals surface area contributed by atoms with Gasteiger partial charge in [0.15, 0.2) is 11.6 Å². The highest BCUT2D eigenvalue weighted by Crippen LogP contribution is 2.32. The Morgan fingerprint density at radius 1 is 1.15 bits per heavy atom. The van der Waals surface area contributed by atoms with Crippen LogP contribution in [0.4, 0.5) is 0 Å². The summed E-state index contributed by atoms with van der Waals surface area (Å²) in [5.41, 5.74) is 2.96. The molecule has 0 amide bonds. The van der Waals surface area contributed by atoms with Gasteiger partial charge in [0.25, 0.3) is 0 Å². The summed E-state index contributed by atoms with van der Waals surface area (Å²) in [4.78, 5) is 26.8. The second-order valence-corrected chi connectivity index (χ2v) is 4.69. The molecule has 0 fully saturated rings. The predicted molar refractivity (Wildman–Crippen MR) is 76.7 cm³/mol. The van der Waals surface area contributed by atoms with E-state index in [1.165, 1.54) is 18.2 Å². The number of hydrogen-bond donors (Lipinski definition) is 1. The van der Waals surface area contributed by atoms with Gasteiger partial charge in [0.1, 0.15) is 5.75 Å². The number of ether oxygens (including phenoxy) is 1. The topological polar surface area (TPSA) is 59.2 Å². The van der Waals surface area contributed by atoms with Crippen LogP contribution in [0.25, 0.3) is 16.5 Å². The smallest absolute Gasteiger partial charge is 0.186 e. The first-order valence-electron chi connectivity index (χ1n) is 6.25. The minimum Gasteiger partial charge on any atom is -0.497 e. The van der Waals surface area contributed by atoms with Crippen molar-refractivity contribution < 1.29 is 14.3 Å². The number of aromatic amines is 1. The average molecular weight is 267 g/mol. The number of aryl methyl sites for hydroxylation is 1. The molecule has 0 bridgehead atoms. The summed E-state index contributed by atoms with van der Waals surface area (Å²) in [5, 5.41) is 0.879. The van der Waals surface area contributed by atoms with Gasteiger partial charge in [-0.2, -0.15) is 0 Å². The van der Waals surface area contributed by atoms with Gasteiger partial charge in [0.05, 0.1) is 7.11 Å². The van der Waals surface area contributed by atoms with Crippen molar-refractivity contribution in [3.05, 3.63) is 47.7 Å². The van der Waals surface area contributed by atoms with Crippen LogP contribution in [0.3, 0.4) is 0 Å². The molecular formula is C16H13NO3. The summed E-state index contributed by atoms with van der Waals surface area (Å²) in [6.45, 7) is 1.89. The molecule has 1 aliphatic rings. The minimum absolute atomic E-state index is 0.156.